The summed E-state index contributed by atoms with van der Waals surface area (Å²) < 4.78 is 0. The number of nitrogens with one attached hydrogen (secondary N) is 2. The van der Waals surface area contributed by atoms with Gasteiger partial charge in [0, 0.05) is 49.7 Å². The molecule has 0 atom stereocenters. The largest absolute Gasteiger partial charge is 0.314 e. The summed E-state index contributed by atoms with van der Waals surface area (Å²) in [5.74, 6) is 0. The Balaban J connectivity index is 1.76. The predicted octanol–water partition coefficient (Wildman–Crippen LogP) is 1.52. The minimum Gasteiger partial charge on any atom is -0.314 e. The first kappa shape index (κ1) is 13.0. The Labute approximate surface area is 108 Å². The fraction of sp³-hybridized carbons (Fsp3) is 0.692. The zero-order valence-corrected chi connectivity index (χ0v) is 11.6. The molecule has 1 aromatic heterocycles. The average Bonchev–Trinajstić information content (AvgIpc) is 2.83. The molecule has 1 aliphatic heterocycles. The van der Waals surface area contributed by atoms with Gasteiger partial charge in [-0.25, -0.2) is 0 Å². The molecular formula is C13H23N3S. The lowest BCUT2D eigenvalue weighted by Gasteiger charge is -2.41. The van der Waals surface area contributed by atoms with Crippen molar-refractivity contribution in [1.29, 1.82) is 0 Å². The first-order valence-electron chi connectivity index (χ1n) is 6.37. The maximum Gasteiger partial charge on any atom is 0.0300 e. The molecule has 2 heterocycles. The molecule has 0 aliphatic carbocycles. The fourth-order valence-corrected chi connectivity index (χ4v) is 2.96. The van der Waals surface area contributed by atoms with Crippen LogP contribution in [0.2, 0.25) is 0 Å². The summed E-state index contributed by atoms with van der Waals surface area (Å²) in [6.45, 7) is 11.3. The number of hydrogen-bond acceptors (Lipinski definition) is 4. The Morgan fingerprint density at radius 3 is 2.82 bits per heavy atom. The minimum atomic E-state index is 0.249. The molecule has 0 saturated carbocycles. The summed E-state index contributed by atoms with van der Waals surface area (Å²) in [5.41, 5.74) is 0.249. The van der Waals surface area contributed by atoms with Crippen molar-refractivity contribution in [3.8, 4) is 0 Å². The van der Waals surface area contributed by atoms with Gasteiger partial charge >= 0.3 is 0 Å². The van der Waals surface area contributed by atoms with Crippen LogP contribution in [0.4, 0.5) is 0 Å². The van der Waals surface area contributed by atoms with Gasteiger partial charge in [-0.05, 0) is 25.3 Å². The predicted molar refractivity (Wildman–Crippen MR) is 74.5 cm³/mol. The van der Waals surface area contributed by atoms with Gasteiger partial charge in [-0.3, -0.25) is 4.90 Å². The first-order valence-corrected chi connectivity index (χ1v) is 7.25. The van der Waals surface area contributed by atoms with Crippen molar-refractivity contribution in [1.82, 2.24) is 15.5 Å². The molecule has 0 unspecified atom stereocenters. The molecule has 1 saturated heterocycles. The van der Waals surface area contributed by atoms with Crippen molar-refractivity contribution >= 4 is 11.3 Å². The van der Waals surface area contributed by atoms with Crippen molar-refractivity contribution in [2.75, 3.05) is 32.7 Å². The number of rotatable bonds is 5. The van der Waals surface area contributed by atoms with Crippen LogP contribution in [0.3, 0.4) is 0 Å². The fourth-order valence-electron chi connectivity index (χ4n) is 2.29. The van der Waals surface area contributed by atoms with E-state index in [4.69, 9.17) is 0 Å². The van der Waals surface area contributed by atoms with E-state index in [0.717, 1.165) is 39.3 Å². The smallest absolute Gasteiger partial charge is 0.0300 e. The number of piperazine rings is 1. The van der Waals surface area contributed by atoms with Crippen LogP contribution in [0, 0.1) is 0 Å². The number of nitrogens with zero attached hydrogens (tertiary/aromatic N) is 1. The molecule has 17 heavy (non-hydrogen) atoms. The summed E-state index contributed by atoms with van der Waals surface area (Å²) in [6.07, 6.45) is 0. The molecule has 1 aliphatic rings. The zero-order chi connectivity index (χ0) is 12.1. The summed E-state index contributed by atoms with van der Waals surface area (Å²) >= 11 is 1.82. The van der Waals surface area contributed by atoms with Crippen LogP contribution in [0.15, 0.2) is 17.5 Å². The molecule has 0 radical (unpaired) electrons. The topological polar surface area (TPSA) is 27.3 Å². The third-order valence-electron chi connectivity index (χ3n) is 3.41. The Kier molecular flexibility index (Phi) is 4.56. The highest BCUT2D eigenvalue weighted by Gasteiger charge is 2.27. The Hall–Kier alpha value is -0.420. The molecule has 1 aromatic rings. The molecule has 0 bridgehead atoms. The van der Waals surface area contributed by atoms with Crippen molar-refractivity contribution in [2.24, 2.45) is 0 Å². The van der Waals surface area contributed by atoms with Crippen LogP contribution < -0.4 is 10.6 Å². The van der Waals surface area contributed by atoms with Gasteiger partial charge < -0.3 is 10.6 Å². The van der Waals surface area contributed by atoms with E-state index in [1.165, 1.54) is 4.88 Å². The normalized spacial score (nSPS) is 18.5. The lowest BCUT2D eigenvalue weighted by atomic mass is 10.0. The molecule has 0 spiro atoms. The molecular weight excluding hydrogens is 230 g/mol. The Morgan fingerprint density at radius 2 is 2.18 bits per heavy atom. The summed E-state index contributed by atoms with van der Waals surface area (Å²) in [4.78, 5) is 3.99. The molecule has 4 heteroatoms. The van der Waals surface area contributed by atoms with Crippen LogP contribution in [0.5, 0.6) is 0 Å². The van der Waals surface area contributed by atoms with E-state index in [1.807, 2.05) is 11.3 Å². The Morgan fingerprint density at radius 1 is 1.41 bits per heavy atom. The van der Waals surface area contributed by atoms with E-state index < -0.39 is 0 Å². The van der Waals surface area contributed by atoms with Crippen molar-refractivity contribution < 1.29 is 0 Å². The van der Waals surface area contributed by atoms with Crippen LogP contribution in [-0.2, 0) is 6.54 Å². The molecule has 0 amide bonds. The van der Waals surface area contributed by atoms with Crippen LogP contribution >= 0.6 is 11.3 Å². The molecule has 3 nitrogen and oxygen atoms in total. The van der Waals surface area contributed by atoms with Crippen molar-refractivity contribution in [3.63, 3.8) is 0 Å². The average molecular weight is 253 g/mol. The van der Waals surface area contributed by atoms with Crippen molar-refractivity contribution in [3.05, 3.63) is 22.4 Å². The van der Waals surface area contributed by atoms with E-state index in [9.17, 15) is 0 Å². The van der Waals surface area contributed by atoms with Crippen LogP contribution in [0.1, 0.15) is 18.7 Å². The third kappa shape index (κ3) is 3.78. The van der Waals surface area contributed by atoms with Crippen molar-refractivity contribution in [2.45, 2.75) is 25.9 Å². The van der Waals surface area contributed by atoms with Gasteiger partial charge in [0.1, 0.15) is 0 Å². The van der Waals surface area contributed by atoms with Gasteiger partial charge in [0.2, 0.25) is 0 Å². The lowest BCUT2D eigenvalue weighted by molar-refractivity contribution is 0.102. The Bertz CT molecular complexity index is 315. The van der Waals surface area contributed by atoms with Crippen LogP contribution in [-0.4, -0.2) is 43.2 Å². The number of thiophene rings is 1. The standard InChI is InChI=1S/C13H23N3S/c1-13(2,16-7-5-14-6-8-16)11-15-10-12-4-3-9-17-12/h3-4,9,14-15H,5-8,10-11H2,1-2H3. The summed E-state index contributed by atoms with van der Waals surface area (Å²) in [6, 6.07) is 4.30. The molecule has 96 valence electrons. The van der Waals surface area contributed by atoms with Gasteiger partial charge in [0.05, 0.1) is 0 Å². The second-order valence-electron chi connectivity index (χ2n) is 5.23. The minimum absolute atomic E-state index is 0.249. The summed E-state index contributed by atoms with van der Waals surface area (Å²) in [7, 11) is 0. The highest BCUT2D eigenvalue weighted by atomic mass is 32.1. The molecule has 0 aromatic carbocycles. The second kappa shape index (κ2) is 5.96. The summed E-state index contributed by atoms with van der Waals surface area (Å²) in [5, 5.41) is 9.12. The molecule has 2 N–H and O–H groups in total. The lowest BCUT2D eigenvalue weighted by Crippen LogP contribution is -2.57. The highest BCUT2D eigenvalue weighted by molar-refractivity contribution is 7.09. The van der Waals surface area contributed by atoms with E-state index in [0.29, 0.717) is 0 Å². The monoisotopic (exact) mass is 253 g/mol. The van der Waals surface area contributed by atoms with Gasteiger partial charge in [-0.2, -0.15) is 0 Å². The maximum atomic E-state index is 3.57. The molecule has 2 rings (SSSR count). The maximum absolute atomic E-state index is 3.57. The van der Waals surface area contributed by atoms with Gasteiger partial charge in [0.15, 0.2) is 0 Å². The second-order valence-corrected chi connectivity index (χ2v) is 6.26. The van der Waals surface area contributed by atoms with E-state index in [1.54, 1.807) is 0 Å². The first-order chi connectivity index (χ1) is 8.18. The number of hydrogen-bond donors (Lipinski definition) is 2. The van der Waals surface area contributed by atoms with Gasteiger partial charge in [-0.15, -0.1) is 11.3 Å². The van der Waals surface area contributed by atoms with Gasteiger partial charge in [-0.1, -0.05) is 6.07 Å². The highest BCUT2D eigenvalue weighted by Crippen LogP contribution is 2.14. The zero-order valence-electron chi connectivity index (χ0n) is 10.8. The quantitative estimate of drug-likeness (QED) is 0.833. The van der Waals surface area contributed by atoms with E-state index in [-0.39, 0.29) is 5.54 Å². The third-order valence-corrected chi connectivity index (χ3v) is 4.29. The molecule has 1 fully saturated rings. The van der Waals surface area contributed by atoms with Crippen LogP contribution in [0.25, 0.3) is 0 Å². The van der Waals surface area contributed by atoms with E-state index in [2.05, 4.69) is 46.9 Å². The SMILES string of the molecule is CC(C)(CNCc1cccs1)N1CCNCC1. The van der Waals surface area contributed by atoms with Gasteiger partial charge in [0.25, 0.3) is 0 Å². The van der Waals surface area contributed by atoms with E-state index >= 15 is 0 Å².